The van der Waals surface area contributed by atoms with Crippen LogP contribution in [0.3, 0.4) is 0 Å². The van der Waals surface area contributed by atoms with E-state index in [2.05, 4.69) is 25.7 Å². The summed E-state index contributed by atoms with van der Waals surface area (Å²) in [5.74, 6) is 0.230. The number of hydrogen-bond donors (Lipinski definition) is 0. The SMILES string of the molecule is CCCCCN(CC(=O)c1cccc(C)c1)C(C)C. The zero-order chi connectivity index (χ0) is 14.3. The zero-order valence-corrected chi connectivity index (χ0v) is 12.8. The van der Waals surface area contributed by atoms with Crippen LogP contribution in [0, 0.1) is 6.92 Å². The molecule has 1 rings (SSSR count). The fraction of sp³-hybridized carbons (Fsp3) is 0.588. The Labute approximate surface area is 117 Å². The molecule has 0 unspecified atom stereocenters. The summed E-state index contributed by atoms with van der Waals surface area (Å²) >= 11 is 0. The first kappa shape index (κ1) is 15.9. The van der Waals surface area contributed by atoms with Crippen molar-refractivity contribution in [1.82, 2.24) is 4.90 Å². The van der Waals surface area contributed by atoms with Crippen LogP contribution in [0.15, 0.2) is 24.3 Å². The summed E-state index contributed by atoms with van der Waals surface area (Å²) in [5.41, 5.74) is 1.98. The molecule has 19 heavy (non-hydrogen) atoms. The van der Waals surface area contributed by atoms with Crippen LogP contribution in [0.1, 0.15) is 56.0 Å². The Morgan fingerprint density at radius 1 is 1.26 bits per heavy atom. The van der Waals surface area contributed by atoms with Crippen LogP contribution >= 0.6 is 0 Å². The molecule has 0 saturated heterocycles. The Balaban J connectivity index is 2.60. The summed E-state index contributed by atoms with van der Waals surface area (Å²) in [5, 5.41) is 0. The Hall–Kier alpha value is -1.15. The molecule has 0 fully saturated rings. The van der Waals surface area contributed by atoms with Crippen molar-refractivity contribution in [2.24, 2.45) is 0 Å². The Morgan fingerprint density at radius 3 is 2.58 bits per heavy atom. The molecule has 0 amide bonds. The highest BCUT2D eigenvalue weighted by atomic mass is 16.1. The second kappa shape index (κ2) is 8.11. The molecule has 1 aromatic rings. The number of Topliss-reactive ketones (excluding diaryl/α,β-unsaturated/α-hetero) is 1. The van der Waals surface area contributed by atoms with Gasteiger partial charge >= 0.3 is 0 Å². The molecular formula is C17H27NO. The minimum absolute atomic E-state index is 0.230. The van der Waals surface area contributed by atoms with Crippen molar-refractivity contribution in [3.05, 3.63) is 35.4 Å². The van der Waals surface area contributed by atoms with Crippen molar-refractivity contribution in [2.45, 2.75) is 53.0 Å². The fourth-order valence-electron chi connectivity index (χ4n) is 2.18. The van der Waals surface area contributed by atoms with Crippen LogP contribution in [0.25, 0.3) is 0 Å². The summed E-state index contributed by atoms with van der Waals surface area (Å²) in [6.45, 7) is 10.1. The van der Waals surface area contributed by atoms with Crippen molar-refractivity contribution in [3.63, 3.8) is 0 Å². The molecule has 0 N–H and O–H groups in total. The molecule has 2 heteroatoms. The minimum Gasteiger partial charge on any atom is -0.293 e. The lowest BCUT2D eigenvalue weighted by molar-refractivity contribution is 0.0903. The van der Waals surface area contributed by atoms with E-state index in [9.17, 15) is 4.79 Å². The van der Waals surface area contributed by atoms with Crippen LogP contribution < -0.4 is 0 Å². The lowest BCUT2D eigenvalue weighted by Gasteiger charge is -2.25. The van der Waals surface area contributed by atoms with Crippen molar-refractivity contribution in [2.75, 3.05) is 13.1 Å². The highest BCUT2D eigenvalue weighted by Crippen LogP contribution is 2.09. The van der Waals surface area contributed by atoms with E-state index in [1.54, 1.807) is 0 Å². The van der Waals surface area contributed by atoms with Crippen LogP contribution in [-0.2, 0) is 0 Å². The van der Waals surface area contributed by atoms with Crippen molar-refractivity contribution < 1.29 is 4.79 Å². The Bertz CT molecular complexity index is 398. The summed E-state index contributed by atoms with van der Waals surface area (Å²) in [6, 6.07) is 8.30. The number of carbonyl (C=O) groups is 1. The van der Waals surface area contributed by atoms with E-state index < -0.39 is 0 Å². The third kappa shape index (κ3) is 5.56. The van der Waals surface area contributed by atoms with E-state index in [1.165, 1.54) is 19.3 Å². The van der Waals surface area contributed by atoms with E-state index >= 15 is 0 Å². The largest absolute Gasteiger partial charge is 0.293 e. The number of ketones is 1. The molecule has 0 aliphatic rings. The molecule has 2 nitrogen and oxygen atoms in total. The second-order valence-electron chi connectivity index (χ2n) is 5.56. The van der Waals surface area contributed by atoms with Gasteiger partial charge in [-0.25, -0.2) is 0 Å². The molecular weight excluding hydrogens is 234 g/mol. The smallest absolute Gasteiger partial charge is 0.176 e. The molecule has 0 heterocycles. The van der Waals surface area contributed by atoms with E-state index in [-0.39, 0.29) is 5.78 Å². The molecule has 1 aromatic carbocycles. The summed E-state index contributed by atoms with van der Waals surface area (Å²) in [7, 11) is 0. The number of hydrogen-bond acceptors (Lipinski definition) is 2. The van der Waals surface area contributed by atoms with Gasteiger partial charge in [0.1, 0.15) is 0 Å². The highest BCUT2D eigenvalue weighted by molar-refractivity contribution is 5.97. The van der Waals surface area contributed by atoms with Gasteiger partial charge in [0.15, 0.2) is 5.78 Å². The Kier molecular flexibility index (Phi) is 6.79. The average Bonchev–Trinajstić information content (AvgIpc) is 2.37. The first-order chi connectivity index (χ1) is 9.04. The van der Waals surface area contributed by atoms with Crippen LogP contribution in [-0.4, -0.2) is 29.8 Å². The summed E-state index contributed by atoms with van der Waals surface area (Å²) < 4.78 is 0. The first-order valence-corrected chi connectivity index (χ1v) is 7.38. The normalized spacial score (nSPS) is 11.3. The van der Waals surface area contributed by atoms with E-state index in [4.69, 9.17) is 0 Å². The molecule has 0 aromatic heterocycles. The minimum atomic E-state index is 0.230. The number of unbranched alkanes of at least 4 members (excludes halogenated alkanes) is 2. The van der Waals surface area contributed by atoms with Crippen LogP contribution in [0.4, 0.5) is 0 Å². The molecule has 0 atom stereocenters. The van der Waals surface area contributed by atoms with Gasteiger partial charge in [-0.15, -0.1) is 0 Å². The summed E-state index contributed by atoms with van der Waals surface area (Å²) in [4.78, 5) is 14.6. The van der Waals surface area contributed by atoms with Gasteiger partial charge in [-0.05, 0) is 39.8 Å². The zero-order valence-electron chi connectivity index (χ0n) is 12.8. The van der Waals surface area contributed by atoms with E-state index in [0.717, 1.165) is 17.7 Å². The molecule has 0 saturated carbocycles. The second-order valence-corrected chi connectivity index (χ2v) is 5.56. The van der Waals surface area contributed by atoms with E-state index in [0.29, 0.717) is 12.6 Å². The average molecular weight is 261 g/mol. The maximum Gasteiger partial charge on any atom is 0.176 e. The van der Waals surface area contributed by atoms with E-state index in [1.807, 2.05) is 31.2 Å². The van der Waals surface area contributed by atoms with Gasteiger partial charge in [-0.1, -0.05) is 43.5 Å². The van der Waals surface area contributed by atoms with Gasteiger partial charge in [0.05, 0.1) is 6.54 Å². The maximum atomic E-state index is 12.3. The quantitative estimate of drug-likeness (QED) is 0.519. The highest BCUT2D eigenvalue weighted by Gasteiger charge is 2.14. The molecule has 106 valence electrons. The number of aryl methyl sites for hydroxylation is 1. The van der Waals surface area contributed by atoms with Crippen molar-refractivity contribution in [3.8, 4) is 0 Å². The predicted octanol–water partition coefficient (Wildman–Crippen LogP) is 4.08. The monoisotopic (exact) mass is 261 g/mol. The van der Waals surface area contributed by atoms with Crippen molar-refractivity contribution in [1.29, 1.82) is 0 Å². The van der Waals surface area contributed by atoms with Gasteiger partial charge in [-0.2, -0.15) is 0 Å². The fourth-order valence-corrected chi connectivity index (χ4v) is 2.18. The third-order valence-corrected chi connectivity index (χ3v) is 3.47. The molecule has 0 aliphatic carbocycles. The lowest BCUT2D eigenvalue weighted by atomic mass is 10.1. The molecule has 0 aliphatic heterocycles. The van der Waals surface area contributed by atoms with Crippen LogP contribution in [0.5, 0.6) is 0 Å². The van der Waals surface area contributed by atoms with Crippen LogP contribution in [0.2, 0.25) is 0 Å². The van der Waals surface area contributed by atoms with Gasteiger partial charge < -0.3 is 0 Å². The van der Waals surface area contributed by atoms with Gasteiger partial charge in [0.25, 0.3) is 0 Å². The standard InChI is InChI=1S/C17H27NO/c1-5-6-7-11-18(14(2)3)13-17(19)16-10-8-9-15(4)12-16/h8-10,12,14H,5-7,11,13H2,1-4H3. The molecule has 0 spiro atoms. The third-order valence-electron chi connectivity index (χ3n) is 3.47. The molecule has 0 bridgehead atoms. The first-order valence-electron chi connectivity index (χ1n) is 7.38. The number of nitrogens with zero attached hydrogens (tertiary/aromatic N) is 1. The number of benzene rings is 1. The van der Waals surface area contributed by atoms with Gasteiger partial charge in [0.2, 0.25) is 0 Å². The topological polar surface area (TPSA) is 20.3 Å². The van der Waals surface area contributed by atoms with Crippen molar-refractivity contribution >= 4 is 5.78 Å². The number of rotatable bonds is 8. The van der Waals surface area contributed by atoms with Gasteiger partial charge in [-0.3, -0.25) is 9.69 Å². The number of carbonyl (C=O) groups excluding carboxylic acids is 1. The summed E-state index contributed by atoms with van der Waals surface area (Å²) in [6.07, 6.45) is 3.63. The lowest BCUT2D eigenvalue weighted by Crippen LogP contribution is -2.36. The predicted molar refractivity (Wildman–Crippen MR) is 81.7 cm³/mol. The molecule has 0 radical (unpaired) electrons. The maximum absolute atomic E-state index is 12.3. The van der Waals surface area contributed by atoms with Gasteiger partial charge in [0, 0.05) is 11.6 Å². The Morgan fingerprint density at radius 2 is 2.00 bits per heavy atom.